The van der Waals surface area contributed by atoms with Gasteiger partial charge in [0.2, 0.25) is 11.8 Å². The molecular weight excluding hydrogens is 272 g/mol. The van der Waals surface area contributed by atoms with Crippen LogP contribution in [0, 0.1) is 5.92 Å². The predicted molar refractivity (Wildman–Crippen MR) is 82.7 cm³/mol. The molecule has 114 valence electrons. The van der Waals surface area contributed by atoms with E-state index in [0.717, 1.165) is 19.4 Å². The van der Waals surface area contributed by atoms with Gasteiger partial charge in [-0.25, -0.2) is 0 Å². The van der Waals surface area contributed by atoms with Crippen LogP contribution in [0.15, 0.2) is 0 Å². The monoisotopic (exact) mass is 298 g/mol. The van der Waals surface area contributed by atoms with Crippen LogP contribution in [-0.2, 0) is 9.59 Å². The molecule has 0 radical (unpaired) electrons. The zero-order chi connectivity index (χ0) is 14.8. The molecule has 0 bridgehead atoms. The molecule has 2 aliphatic heterocycles. The highest BCUT2D eigenvalue weighted by Gasteiger charge is 2.46. The van der Waals surface area contributed by atoms with Gasteiger partial charge in [-0.3, -0.25) is 9.59 Å². The molecule has 20 heavy (non-hydrogen) atoms. The second-order valence-corrected chi connectivity index (χ2v) is 7.34. The minimum atomic E-state index is -0.716. The first-order valence-electron chi connectivity index (χ1n) is 7.72. The summed E-state index contributed by atoms with van der Waals surface area (Å²) in [6.07, 6.45) is 3.66. The fourth-order valence-electron chi connectivity index (χ4n) is 3.07. The van der Waals surface area contributed by atoms with Crippen LogP contribution in [0.3, 0.4) is 0 Å². The third-order valence-corrected chi connectivity index (χ3v) is 5.75. The van der Waals surface area contributed by atoms with Crippen molar-refractivity contribution in [2.24, 2.45) is 5.92 Å². The number of nitrogens with one attached hydrogen (secondary N) is 1. The van der Waals surface area contributed by atoms with E-state index in [2.05, 4.69) is 5.32 Å². The molecule has 0 saturated carbocycles. The summed E-state index contributed by atoms with van der Waals surface area (Å²) in [6, 6.07) is -0.281. The Labute approximate surface area is 126 Å². The second kappa shape index (κ2) is 6.37. The quantitative estimate of drug-likeness (QED) is 0.864. The highest BCUT2D eigenvalue weighted by molar-refractivity contribution is 7.99. The standard InChI is InChI=1S/C15H26N2O2S/c1-4-12-13(18)16-15(3,5-2)14(19)17(12)10-11-6-8-20-9-7-11/h11-12H,4-10H2,1-3H3,(H,16,18). The fourth-order valence-corrected chi connectivity index (χ4v) is 4.28. The molecule has 2 heterocycles. The molecule has 2 atom stereocenters. The summed E-state index contributed by atoms with van der Waals surface area (Å²) in [5.41, 5.74) is -0.716. The van der Waals surface area contributed by atoms with Crippen LogP contribution in [0.5, 0.6) is 0 Å². The largest absolute Gasteiger partial charge is 0.340 e. The molecule has 4 nitrogen and oxygen atoms in total. The average Bonchev–Trinajstić information content (AvgIpc) is 2.46. The molecule has 0 aliphatic carbocycles. The van der Waals surface area contributed by atoms with E-state index >= 15 is 0 Å². The summed E-state index contributed by atoms with van der Waals surface area (Å²) in [6.45, 7) is 6.54. The van der Waals surface area contributed by atoms with E-state index in [1.54, 1.807) is 0 Å². The molecule has 0 aromatic rings. The van der Waals surface area contributed by atoms with Gasteiger partial charge in [0, 0.05) is 6.54 Å². The van der Waals surface area contributed by atoms with Gasteiger partial charge in [-0.2, -0.15) is 11.8 Å². The van der Waals surface area contributed by atoms with E-state index in [0.29, 0.717) is 18.8 Å². The normalized spacial score (nSPS) is 32.4. The Morgan fingerprint density at radius 3 is 2.50 bits per heavy atom. The zero-order valence-corrected chi connectivity index (χ0v) is 13.6. The number of hydrogen-bond donors (Lipinski definition) is 1. The van der Waals surface area contributed by atoms with E-state index in [-0.39, 0.29) is 17.9 Å². The van der Waals surface area contributed by atoms with Gasteiger partial charge in [0.15, 0.2) is 0 Å². The van der Waals surface area contributed by atoms with E-state index in [9.17, 15) is 9.59 Å². The maximum Gasteiger partial charge on any atom is 0.248 e. The molecule has 0 aromatic heterocycles. The van der Waals surface area contributed by atoms with Gasteiger partial charge < -0.3 is 10.2 Å². The van der Waals surface area contributed by atoms with Gasteiger partial charge in [-0.15, -0.1) is 0 Å². The van der Waals surface area contributed by atoms with E-state index < -0.39 is 5.54 Å². The van der Waals surface area contributed by atoms with Crippen LogP contribution in [0.2, 0.25) is 0 Å². The number of rotatable bonds is 4. The third-order valence-electron chi connectivity index (χ3n) is 4.70. The maximum absolute atomic E-state index is 12.8. The molecule has 2 aliphatic rings. The van der Waals surface area contributed by atoms with Crippen molar-refractivity contribution in [2.45, 2.75) is 58.0 Å². The first-order valence-corrected chi connectivity index (χ1v) is 8.88. The minimum Gasteiger partial charge on any atom is -0.340 e. The Balaban J connectivity index is 2.15. The van der Waals surface area contributed by atoms with Crippen molar-refractivity contribution < 1.29 is 9.59 Å². The summed E-state index contributed by atoms with van der Waals surface area (Å²) in [7, 11) is 0. The summed E-state index contributed by atoms with van der Waals surface area (Å²) in [4.78, 5) is 26.9. The summed E-state index contributed by atoms with van der Waals surface area (Å²) in [5.74, 6) is 3.04. The van der Waals surface area contributed by atoms with Crippen LogP contribution in [-0.4, -0.2) is 46.3 Å². The highest BCUT2D eigenvalue weighted by Crippen LogP contribution is 2.28. The molecule has 0 aromatic carbocycles. The van der Waals surface area contributed by atoms with Gasteiger partial charge in [0.05, 0.1) is 0 Å². The predicted octanol–water partition coefficient (Wildman–Crippen LogP) is 2.04. The van der Waals surface area contributed by atoms with Crippen molar-refractivity contribution in [2.75, 3.05) is 18.1 Å². The van der Waals surface area contributed by atoms with Crippen LogP contribution >= 0.6 is 11.8 Å². The number of amides is 2. The van der Waals surface area contributed by atoms with Crippen LogP contribution in [0.4, 0.5) is 0 Å². The maximum atomic E-state index is 12.8. The third kappa shape index (κ3) is 2.97. The number of piperazine rings is 1. The highest BCUT2D eigenvalue weighted by atomic mass is 32.2. The van der Waals surface area contributed by atoms with Gasteiger partial charge in [-0.05, 0) is 50.0 Å². The lowest BCUT2D eigenvalue weighted by molar-refractivity contribution is -0.155. The molecule has 2 fully saturated rings. The lowest BCUT2D eigenvalue weighted by atomic mass is 9.89. The molecule has 2 saturated heterocycles. The Morgan fingerprint density at radius 2 is 1.95 bits per heavy atom. The Morgan fingerprint density at radius 1 is 1.30 bits per heavy atom. The smallest absolute Gasteiger partial charge is 0.248 e. The van der Waals surface area contributed by atoms with E-state index in [1.807, 2.05) is 37.4 Å². The summed E-state index contributed by atoms with van der Waals surface area (Å²) >= 11 is 1.99. The molecular formula is C15H26N2O2S. The fraction of sp³-hybridized carbons (Fsp3) is 0.867. The van der Waals surface area contributed by atoms with Crippen LogP contribution in [0.1, 0.15) is 46.5 Å². The topological polar surface area (TPSA) is 49.4 Å². The van der Waals surface area contributed by atoms with Gasteiger partial charge in [0.1, 0.15) is 11.6 Å². The van der Waals surface area contributed by atoms with Crippen molar-refractivity contribution in [3.63, 3.8) is 0 Å². The molecule has 1 N–H and O–H groups in total. The SMILES string of the molecule is CCC1C(=O)NC(C)(CC)C(=O)N1CC1CCSCC1. The van der Waals surface area contributed by atoms with Gasteiger partial charge >= 0.3 is 0 Å². The van der Waals surface area contributed by atoms with Crippen molar-refractivity contribution >= 4 is 23.6 Å². The number of nitrogens with zero attached hydrogens (tertiary/aromatic N) is 1. The number of hydrogen-bond acceptors (Lipinski definition) is 3. The lowest BCUT2D eigenvalue weighted by Gasteiger charge is -2.45. The second-order valence-electron chi connectivity index (χ2n) is 6.11. The zero-order valence-electron chi connectivity index (χ0n) is 12.8. The minimum absolute atomic E-state index is 0.0154. The number of thioether (sulfide) groups is 1. The van der Waals surface area contributed by atoms with Crippen molar-refractivity contribution in [1.82, 2.24) is 10.2 Å². The summed E-state index contributed by atoms with van der Waals surface area (Å²) < 4.78 is 0. The molecule has 5 heteroatoms. The van der Waals surface area contributed by atoms with Crippen LogP contribution < -0.4 is 5.32 Å². The summed E-state index contributed by atoms with van der Waals surface area (Å²) in [5, 5.41) is 2.93. The van der Waals surface area contributed by atoms with E-state index in [4.69, 9.17) is 0 Å². The molecule has 2 amide bonds. The van der Waals surface area contributed by atoms with Crippen molar-refractivity contribution in [1.29, 1.82) is 0 Å². The Kier molecular flexibility index (Phi) is 4.99. The van der Waals surface area contributed by atoms with Gasteiger partial charge in [0.25, 0.3) is 0 Å². The lowest BCUT2D eigenvalue weighted by Crippen LogP contribution is -2.69. The molecule has 2 rings (SSSR count). The number of carbonyl (C=O) groups is 2. The number of carbonyl (C=O) groups excluding carboxylic acids is 2. The molecule has 2 unspecified atom stereocenters. The first kappa shape index (κ1) is 15.7. The van der Waals surface area contributed by atoms with E-state index in [1.165, 1.54) is 11.5 Å². The van der Waals surface area contributed by atoms with Crippen molar-refractivity contribution in [3.05, 3.63) is 0 Å². The van der Waals surface area contributed by atoms with Crippen molar-refractivity contribution in [3.8, 4) is 0 Å². The van der Waals surface area contributed by atoms with Crippen LogP contribution in [0.25, 0.3) is 0 Å². The average molecular weight is 298 g/mol. The Hall–Kier alpha value is -0.710. The Bertz CT molecular complexity index is 382. The van der Waals surface area contributed by atoms with Gasteiger partial charge in [-0.1, -0.05) is 13.8 Å². The first-order chi connectivity index (χ1) is 9.51. The molecule has 0 spiro atoms.